The van der Waals surface area contributed by atoms with E-state index < -0.39 is 0 Å². The fourth-order valence-electron chi connectivity index (χ4n) is 1.02. The van der Waals surface area contributed by atoms with Gasteiger partial charge in [-0.05, 0) is 18.8 Å². The number of hydrogen-bond acceptors (Lipinski definition) is 0. The van der Waals surface area contributed by atoms with Crippen LogP contribution in [-0.4, -0.2) is 0 Å². The van der Waals surface area contributed by atoms with Gasteiger partial charge in [0.2, 0.25) is 0 Å². The second-order valence-corrected chi connectivity index (χ2v) is 3.26. The van der Waals surface area contributed by atoms with Gasteiger partial charge in [-0.3, -0.25) is 0 Å². The summed E-state index contributed by atoms with van der Waals surface area (Å²) >= 11 is 0. The molecule has 12 heavy (non-hydrogen) atoms. The van der Waals surface area contributed by atoms with E-state index in [0.29, 0.717) is 0 Å². The lowest BCUT2D eigenvalue weighted by Crippen LogP contribution is -1.91. The van der Waals surface area contributed by atoms with Crippen LogP contribution >= 0.6 is 0 Å². The van der Waals surface area contributed by atoms with Gasteiger partial charge in [-0.25, -0.2) is 0 Å². The fraction of sp³-hybridized carbons (Fsp3) is 0.667. The molecule has 0 aliphatic carbocycles. The second-order valence-electron chi connectivity index (χ2n) is 3.26. The van der Waals surface area contributed by atoms with Crippen LogP contribution in [0.15, 0.2) is 0 Å². The van der Waals surface area contributed by atoms with Crippen molar-refractivity contribution in [3.05, 3.63) is 13.8 Å². The van der Waals surface area contributed by atoms with Gasteiger partial charge in [-0.1, -0.05) is 33.6 Å². The van der Waals surface area contributed by atoms with E-state index >= 15 is 0 Å². The van der Waals surface area contributed by atoms with Gasteiger partial charge in [0.05, 0.1) is 0 Å². The first-order valence-electron chi connectivity index (χ1n) is 4.85. The highest BCUT2D eigenvalue weighted by atomic mass is 14.0. The van der Waals surface area contributed by atoms with E-state index in [-0.39, 0.29) is 0 Å². The molecular formula is C12H20. The molecule has 1 unspecified atom stereocenters. The molecule has 0 heterocycles. The minimum absolute atomic E-state index is 0.740. The summed E-state index contributed by atoms with van der Waals surface area (Å²) in [6.45, 7) is 9.82. The highest BCUT2D eigenvalue weighted by molar-refractivity contribution is 4.99. The molecule has 0 saturated carbocycles. The average molecular weight is 164 g/mol. The summed E-state index contributed by atoms with van der Waals surface area (Å²) in [7, 11) is 0. The standard InChI is InChI=1S/C12H20/c1-4-6-8-9-11-12(3)10-7-5-2/h12H,1-2,4-7,10-11H2,3H3. The first-order valence-corrected chi connectivity index (χ1v) is 4.85. The summed E-state index contributed by atoms with van der Waals surface area (Å²) in [5.41, 5.74) is 0. The van der Waals surface area contributed by atoms with Gasteiger partial charge >= 0.3 is 0 Å². The smallest absolute Gasteiger partial charge is 0.0114 e. The summed E-state index contributed by atoms with van der Waals surface area (Å²) in [6.07, 6.45) is 6.47. The lowest BCUT2D eigenvalue weighted by molar-refractivity contribution is 0.525. The van der Waals surface area contributed by atoms with Gasteiger partial charge in [-0.2, -0.15) is 0 Å². The van der Waals surface area contributed by atoms with Crippen LogP contribution < -0.4 is 0 Å². The summed E-state index contributed by atoms with van der Waals surface area (Å²) in [5, 5.41) is 0. The Morgan fingerprint density at radius 3 is 2.50 bits per heavy atom. The Hall–Kier alpha value is -0.440. The van der Waals surface area contributed by atoms with Gasteiger partial charge < -0.3 is 0 Å². The number of unbranched alkanes of at least 4 members (excludes halogenated alkanes) is 2. The Bertz CT molecular complexity index is 136. The molecule has 0 saturated heterocycles. The Labute approximate surface area is 77.8 Å². The van der Waals surface area contributed by atoms with Crippen LogP contribution in [0.1, 0.15) is 45.4 Å². The zero-order chi connectivity index (χ0) is 9.23. The molecule has 0 N–H and O–H groups in total. The molecule has 0 aromatic rings. The van der Waals surface area contributed by atoms with Crippen molar-refractivity contribution in [2.24, 2.45) is 5.92 Å². The van der Waals surface area contributed by atoms with Crippen LogP contribution in [-0.2, 0) is 0 Å². The molecule has 0 bridgehead atoms. The zero-order valence-corrected chi connectivity index (χ0v) is 8.23. The normalized spacial score (nSPS) is 11.9. The predicted octanol–water partition coefficient (Wildman–Crippen LogP) is 3.63. The van der Waals surface area contributed by atoms with Gasteiger partial charge in [0, 0.05) is 12.8 Å². The van der Waals surface area contributed by atoms with Crippen LogP contribution in [0.4, 0.5) is 0 Å². The molecule has 68 valence electrons. The van der Waals surface area contributed by atoms with Crippen LogP contribution in [0.3, 0.4) is 0 Å². The summed E-state index contributed by atoms with van der Waals surface area (Å²) in [5.74, 6) is 7.04. The van der Waals surface area contributed by atoms with Crippen LogP contribution in [0.25, 0.3) is 0 Å². The molecule has 0 nitrogen and oxygen atoms in total. The predicted molar refractivity (Wildman–Crippen MR) is 55.4 cm³/mol. The molecule has 0 aliphatic heterocycles. The van der Waals surface area contributed by atoms with E-state index in [9.17, 15) is 0 Å². The molecule has 0 aromatic carbocycles. The molecule has 0 amide bonds. The van der Waals surface area contributed by atoms with Crippen molar-refractivity contribution in [3.63, 3.8) is 0 Å². The van der Waals surface area contributed by atoms with Gasteiger partial charge in [0.15, 0.2) is 0 Å². The first-order chi connectivity index (χ1) is 5.81. The third-order valence-electron chi connectivity index (χ3n) is 1.82. The van der Waals surface area contributed by atoms with Gasteiger partial charge in [0.1, 0.15) is 0 Å². The molecule has 2 radical (unpaired) electrons. The maximum Gasteiger partial charge on any atom is 0.0114 e. The Morgan fingerprint density at radius 1 is 1.17 bits per heavy atom. The zero-order valence-electron chi connectivity index (χ0n) is 8.23. The van der Waals surface area contributed by atoms with E-state index in [1.807, 2.05) is 0 Å². The van der Waals surface area contributed by atoms with Crippen molar-refractivity contribution in [3.8, 4) is 11.8 Å². The van der Waals surface area contributed by atoms with Crippen molar-refractivity contribution in [2.75, 3.05) is 0 Å². The minimum Gasteiger partial charge on any atom is -0.103 e. The lowest BCUT2D eigenvalue weighted by Gasteiger charge is -2.04. The maximum atomic E-state index is 3.82. The van der Waals surface area contributed by atoms with Crippen molar-refractivity contribution >= 4 is 0 Å². The molecule has 1 atom stereocenters. The van der Waals surface area contributed by atoms with Crippen LogP contribution in [0.5, 0.6) is 0 Å². The molecule has 0 fully saturated rings. The van der Waals surface area contributed by atoms with Crippen LogP contribution in [0.2, 0.25) is 0 Å². The number of hydrogen-bond donors (Lipinski definition) is 0. The van der Waals surface area contributed by atoms with Crippen LogP contribution in [0, 0.1) is 31.6 Å². The summed E-state index contributed by atoms with van der Waals surface area (Å²) < 4.78 is 0. The van der Waals surface area contributed by atoms with Crippen molar-refractivity contribution < 1.29 is 0 Å². The lowest BCUT2D eigenvalue weighted by atomic mass is 10.0. The average Bonchev–Trinajstić information content (AvgIpc) is 2.09. The molecule has 0 spiro atoms. The monoisotopic (exact) mass is 164 g/mol. The highest BCUT2D eigenvalue weighted by Crippen LogP contribution is 2.10. The van der Waals surface area contributed by atoms with Crippen molar-refractivity contribution in [1.29, 1.82) is 0 Å². The van der Waals surface area contributed by atoms with E-state index in [0.717, 1.165) is 31.6 Å². The third-order valence-corrected chi connectivity index (χ3v) is 1.82. The highest BCUT2D eigenvalue weighted by Gasteiger charge is 1.97. The fourth-order valence-corrected chi connectivity index (χ4v) is 1.02. The molecule has 0 heteroatoms. The maximum absolute atomic E-state index is 3.82. The molecule has 0 aliphatic rings. The van der Waals surface area contributed by atoms with Crippen molar-refractivity contribution in [2.45, 2.75) is 45.4 Å². The molecule has 0 aromatic heterocycles. The largest absolute Gasteiger partial charge is 0.103 e. The van der Waals surface area contributed by atoms with Gasteiger partial charge in [0.25, 0.3) is 0 Å². The van der Waals surface area contributed by atoms with E-state index in [1.54, 1.807) is 0 Å². The Morgan fingerprint density at radius 2 is 1.92 bits per heavy atom. The topological polar surface area (TPSA) is 0 Å². The van der Waals surface area contributed by atoms with E-state index in [4.69, 9.17) is 0 Å². The summed E-state index contributed by atoms with van der Waals surface area (Å²) in [6, 6.07) is 0. The molecule has 0 rings (SSSR count). The number of rotatable bonds is 5. The summed E-state index contributed by atoms with van der Waals surface area (Å²) in [4.78, 5) is 0. The van der Waals surface area contributed by atoms with Gasteiger partial charge in [-0.15, -0.1) is 11.8 Å². The van der Waals surface area contributed by atoms with Crippen molar-refractivity contribution in [1.82, 2.24) is 0 Å². The second kappa shape index (κ2) is 8.65. The minimum atomic E-state index is 0.740. The van der Waals surface area contributed by atoms with E-state index in [2.05, 4.69) is 32.6 Å². The SMILES string of the molecule is [CH2]CCC#CCC(C)CCC[CH2]. The van der Waals surface area contributed by atoms with E-state index in [1.165, 1.54) is 12.8 Å². The quantitative estimate of drug-likeness (QED) is 0.544. The Kier molecular flexibility index (Phi) is 8.34. The molecular weight excluding hydrogens is 144 g/mol. The third kappa shape index (κ3) is 7.66. The first kappa shape index (κ1) is 11.6. The Balaban J connectivity index is 3.31.